The molecule has 4 rings (SSSR count). The predicted octanol–water partition coefficient (Wildman–Crippen LogP) is 3.18. The number of nitrogens with one attached hydrogen (secondary N) is 2. The molecule has 2 aliphatic rings. The van der Waals surface area contributed by atoms with E-state index in [1.165, 1.54) is 25.2 Å². The lowest BCUT2D eigenvalue weighted by Crippen LogP contribution is -2.47. The first-order valence-electron chi connectivity index (χ1n) is 13.9. The summed E-state index contributed by atoms with van der Waals surface area (Å²) < 4.78 is 18.7. The minimum Gasteiger partial charge on any atom is -0.480 e. The third kappa shape index (κ3) is 7.64. The number of amides is 1. The largest absolute Gasteiger partial charge is 0.480 e. The lowest BCUT2D eigenvalue weighted by atomic mass is 9.97. The number of aliphatic carboxylic acids is 1. The van der Waals surface area contributed by atoms with E-state index in [1.807, 2.05) is 4.90 Å². The standard InChI is InChI=1S/C28H38ClFN6O4/c1-40-21(15-30)17-36(13-3-2-6-20-8-7-19-5-4-12-32-25(19)34-20)14-9-23(26(37)38)35-27(39)28(10-11-28)22-16-31-18-33-24(22)29/h7-8,16,18,21,23H,2-6,9-15,17H2,1H3,(H,32,34)(H,35,39)(H,37,38). The highest BCUT2D eigenvalue weighted by atomic mass is 35.5. The molecule has 0 aromatic carbocycles. The number of pyridine rings is 1. The summed E-state index contributed by atoms with van der Waals surface area (Å²) in [6, 6.07) is 3.12. The first kappa shape index (κ1) is 30.1. The number of methoxy groups -OCH3 is 1. The summed E-state index contributed by atoms with van der Waals surface area (Å²) in [6.45, 7) is 1.64. The van der Waals surface area contributed by atoms with Gasteiger partial charge in [-0.15, -0.1) is 0 Å². The summed E-state index contributed by atoms with van der Waals surface area (Å²) in [7, 11) is 1.46. The van der Waals surface area contributed by atoms with Crippen LogP contribution in [0.2, 0.25) is 5.15 Å². The Kier molecular flexibility index (Phi) is 10.6. The van der Waals surface area contributed by atoms with E-state index in [2.05, 4.69) is 32.7 Å². The van der Waals surface area contributed by atoms with E-state index in [1.54, 1.807) is 0 Å². The monoisotopic (exact) mass is 576 g/mol. The molecule has 2 aromatic heterocycles. The summed E-state index contributed by atoms with van der Waals surface area (Å²) >= 11 is 6.20. The maximum Gasteiger partial charge on any atom is 0.326 e. The molecule has 1 fully saturated rings. The molecule has 0 bridgehead atoms. The van der Waals surface area contributed by atoms with Gasteiger partial charge in [0.1, 0.15) is 30.0 Å². The van der Waals surface area contributed by atoms with Gasteiger partial charge in [0.2, 0.25) is 5.91 Å². The topological polar surface area (TPSA) is 130 Å². The van der Waals surface area contributed by atoms with E-state index >= 15 is 0 Å². The van der Waals surface area contributed by atoms with Crippen LogP contribution >= 0.6 is 11.6 Å². The second kappa shape index (κ2) is 14.1. The van der Waals surface area contributed by atoms with Crippen molar-refractivity contribution in [3.8, 4) is 0 Å². The van der Waals surface area contributed by atoms with Crippen LogP contribution < -0.4 is 10.6 Å². The predicted molar refractivity (Wildman–Crippen MR) is 149 cm³/mol. The molecule has 2 atom stereocenters. The molecule has 0 saturated heterocycles. The second-order valence-electron chi connectivity index (χ2n) is 10.6. The third-order valence-electron chi connectivity index (χ3n) is 7.78. The Bertz CT molecular complexity index is 1160. The fraction of sp³-hybridized carbons (Fsp3) is 0.607. The number of rotatable bonds is 16. The Hall–Kier alpha value is -2.89. The number of unbranched alkanes of at least 4 members (excludes halogenated alkanes) is 1. The zero-order chi connectivity index (χ0) is 28.5. The van der Waals surface area contributed by atoms with E-state index < -0.39 is 36.1 Å². The van der Waals surface area contributed by atoms with Crippen LogP contribution in [-0.4, -0.2) is 88.9 Å². The molecule has 40 heavy (non-hydrogen) atoms. The van der Waals surface area contributed by atoms with E-state index in [0.29, 0.717) is 38.0 Å². The van der Waals surface area contributed by atoms with Crippen molar-refractivity contribution in [2.45, 2.75) is 68.9 Å². The number of ether oxygens (including phenoxy) is 1. The van der Waals surface area contributed by atoms with Crippen LogP contribution in [-0.2, 0) is 32.6 Å². The van der Waals surface area contributed by atoms with Gasteiger partial charge >= 0.3 is 5.97 Å². The Balaban J connectivity index is 1.32. The molecule has 2 aromatic rings. The molecule has 3 heterocycles. The average Bonchev–Trinajstić information content (AvgIpc) is 3.77. The highest BCUT2D eigenvalue weighted by Crippen LogP contribution is 2.50. The van der Waals surface area contributed by atoms with E-state index in [0.717, 1.165) is 50.2 Å². The van der Waals surface area contributed by atoms with Crippen molar-refractivity contribution in [2.24, 2.45) is 0 Å². The quantitative estimate of drug-likeness (QED) is 0.204. The molecule has 0 radical (unpaired) electrons. The number of hydrogen-bond acceptors (Lipinski definition) is 8. The number of carbonyl (C=O) groups is 2. The van der Waals surface area contributed by atoms with Gasteiger partial charge in [0.25, 0.3) is 0 Å². The van der Waals surface area contributed by atoms with Gasteiger partial charge in [-0.2, -0.15) is 0 Å². The van der Waals surface area contributed by atoms with Gasteiger partial charge in [-0.05, 0) is 69.5 Å². The second-order valence-corrected chi connectivity index (χ2v) is 10.9. The minimum atomic E-state index is -1.12. The lowest BCUT2D eigenvalue weighted by molar-refractivity contribution is -0.142. The van der Waals surface area contributed by atoms with Gasteiger partial charge in [0.05, 0.1) is 11.5 Å². The highest BCUT2D eigenvalue weighted by molar-refractivity contribution is 6.30. The highest BCUT2D eigenvalue weighted by Gasteiger charge is 2.53. The van der Waals surface area contributed by atoms with Crippen LogP contribution in [0, 0.1) is 0 Å². The summed E-state index contributed by atoms with van der Waals surface area (Å²) in [5.41, 5.74) is 1.90. The zero-order valence-corrected chi connectivity index (χ0v) is 23.6. The normalized spacial score (nSPS) is 17.0. The first-order chi connectivity index (χ1) is 19.4. The Labute approximate surface area is 239 Å². The van der Waals surface area contributed by atoms with Crippen molar-refractivity contribution in [1.29, 1.82) is 0 Å². The summed E-state index contributed by atoms with van der Waals surface area (Å²) in [4.78, 5) is 39.9. The number of nitrogens with zero attached hydrogens (tertiary/aromatic N) is 4. The molecule has 12 heteroatoms. The van der Waals surface area contributed by atoms with Crippen molar-refractivity contribution in [1.82, 2.24) is 25.2 Å². The number of carbonyl (C=O) groups excluding carboxylic acids is 1. The summed E-state index contributed by atoms with van der Waals surface area (Å²) in [6.07, 6.45) is 8.17. The van der Waals surface area contributed by atoms with Gasteiger partial charge < -0.3 is 25.4 Å². The molecule has 1 aliphatic carbocycles. The van der Waals surface area contributed by atoms with Gasteiger partial charge in [0, 0.05) is 44.2 Å². The molecule has 1 amide bonds. The van der Waals surface area contributed by atoms with Crippen molar-refractivity contribution >= 4 is 29.3 Å². The van der Waals surface area contributed by atoms with E-state index in [-0.39, 0.29) is 11.6 Å². The maximum absolute atomic E-state index is 13.5. The molecule has 10 nitrogen and oxygen atoms in total. The Morgan fingerprint density at radius 1 is 1.30 bits per heavy atom. The van der Waals surface area contributed by atoms with Gasteiger partial charge in [-0.1, -0.05) is 17.7 Å². The van der Waals surface area contributed by atoms with Crippen molar-refractivity contribution < 1.29 is 23.8 Å². The number of carboxylic acid groups (broad SMARTS) is 1. The van der Waals surface area contributed by atoms with Crippen LogP contribution in [0.25, 0.3) is 0 Å². The smallest absolute Gasteiger partial charge is 0.326 e. The van der Waals surface area contributed by atoms with Crippen LogP contribution in [0.5, 0.6) is 0 Å². The van der Waals surface area contributed by atoms with Crippen molar-refractivity contribution in [3.05, 3.63) is 46.6 Å². The van der Waals surface area contributed by atoms with Gasteiger partial charge in [0.15, 0.2) is 0 Å². The molecule has 1 saturated carbocycles. The maximum atomic E-state index is 13.5. The summed E-state index contributed by atoms with van der Waals surface area (Å²) in [5, 5.41) is 16.1. The number of aryl methyl sites for hydroxylation is 2. The van der Waals surface area contributed by atoms with Gasteiger partial charge in [-0.25, -0.2) is 24.1 Å². The van der Waals surface area contributed by atoms with Crippen molar-refractivity contribution in [3.63, 3.8) is 0 Å². The number of alkyl halides is 1. The number of halogens is 2. The Morgan fingerprint density at radius 3 is 2.83 bits per heavy atom. The SMILES string of the molecule is COC(CF)CN(CCCCc1ccc2c(n1)NCCC2)CCC(NC(=O)C1(c2cncnc2Cl)CC1)C(=O)O. The minimum absolute atomic E-state index is 0.164. The number of fused-ring (bicyclic) bond motifs is 1. The van der Waals surface area contributed by atoms with Crippen molar-refractivity contribution in [2.75, 3.05) is 45.3 Å². The van der Waals surface area contributed by atoms with Crippen LogP contribution in [0.3, 0.4) is 0 Å². The van der Waals surface area contributed by atoms with Crippen LogP contribution in [0.4, 0.5) is 10.2 Å². The molecular weight excluding hydrogens is 539 g/mol. The van der Waals surface area contributed by atoms with Crippen LogP contribution in [0.15, 0.2) is 24.7 Å². The molecule has 1 aliphatic heterocycles. The molecule has 2 unspecified atom stereocenters. The molecule has 3 N–H and O–H groups in total. The van der Waals surface area contributed by atoms with Crippen LogP contribution in [0.1, 0.15) is 55.3 Å². The molecule has 0 spiro atoms. The average molecular weight is 577 g/mol. The first-order valence-corrected chi connectivity index (χ1v) is 14.3. The van der Waals surface area contributed by atoms with Gasteiger partial charge in [-0.3, -0.25) is 4.79 Å². The zero-order valence-electron chi connectivity index (χ0n) is 22.9. The molecular formula is C28H38ClFN6O4. The summed E-state index contributed by atoms with van der Waals surface area (Å²) in [5.74, 6) is -0.540. The fourth-order valence-electron chi connectivity index (χ4n) is 5.16. The number of hydrogen-bond donors (Lipinski definition) is 3. The van der Waals surface area contributed by atoms with E-state index in [4.69, 9.17) is 21.3 Å². The Morgan fingerprint density at radius 2 is 2.12 bits per heavy atom. The third-order valence-corrected chi connectivity index (χ3v) is 8.08. The number of aromatic nitrogens is 3. The molecule has 218 valence electrons. The fourth-order valence-corrected chi connectivity index (χ4v) is 5.44. The number of carboxylic acids is 1. The lowest BCUT2D eigenvalue weighted by Gasteiger charge is -2.27. The number of anilines is 1. The van der Waals surface area contributed by atoms with E-state index in [9.17, 15) is 19.1 Å².